The highest BCUT2D eigenvalue weighted by Crippen LogP contribution is 2.07. The van der Waals surface area contributed by atoms with Gasteiger partial charge in [-0.3, -0.25) is 0 Å². The van der Waals surface area contributed by atoms with Gasteiger partial charge in [0.15, 0.2) is 0 Å². The molecule has 0 aliphatic heterocycles. The van der Waals surface area contributed by atoms with E-state index >= 15 is 0 Å². The molecule has 66 valence electrons. The quantitative estimate of drug-likeness (QED) is 0.684. The fraction of sp³-hybridized carbons (Fsp3) is 0.333. The van der Waals surface area contributed by atoms with Gasteiger partial charge in [-0.2, -0.15) is 7.05 Å². The van der Waals surface area contributed by atoms with Crippen LogP contribution in [0.5, 0.6) is 0 Å². The number of nitrogens with zero attached hydrogens (tertiary/aromatic N) is 1. The Labute approximate surface area is 71.8 Å². The number of benzene rings is 1. The van der Waals surface area contributed by atoms with Crippen molar-refractivity contribution in [2.24, 2.45) is 0 Å². The third kappa shape index (κ3) is 2.88. The molecule has 0 bridgehead atoms. The molecular weight excluding hydrogens is 155 g/mol. The van der Waals surface area contributed by atoms with Crippen molar-refractivity contribution < 1.29 is 4.39 Å². The number of likely N-dealkylation sites (N-methyl/N-ethyl adjacent to an activating group) is 1. The molecule has 0 saturated carbocycles. The van der Waals surface area contributed by atoms with E-state index in [2.05, 4.69) is 10.6 Å². The summed E-state index contributed by atoms with van der Waals surface area (Å²) in [6.45, 7) is 1.57. The van der Waals surface area contributed by atoms with E-state index in [1.54, 1.807) is 19.2 Å². The Hall–Kier alpha value is -1.09. The second-order valence-corrected chi connectivity index (χ2v) is 2.47. The van der Waals surface area contributed by atoms with Crippen molar-refractivity contribution in [2.75, 3.05) is 25.5 Å². The van der Waals surface area contributed by atoms with E-state index in [1.165, 1.54) is 12.1 Å². The lowest BCUT2D eigenvalue weighted by Crippen LogP contribution is -2.04. The summed E-state index contributed by atoms with van der Waals surface area (Å²) in [4.78, 5) is 0. The number of rotatable bonds is 4. The molecule has 0 aliphatic rings. The summed E-state index contributed by atoms with van der Waals surface area (Å²) >= 11 is 0. The molecule has 0 amide bonds. The normalized spacial score (nSPS) is 9.83. The van der Waals surface area contributed by atoms with Gasteiger partial charge in [0.25, 0.3) is 0 Å². The lowest BCUT2D eigenvalue weighted by Gasteiger charge is -2.12. The molecule has 1 aromatic rings. The zero-order valence-electron chi connectivity index (χ0n) is 7.05. The number of anilines is 1. The standard InChI is InChI=1S/C9H12FN2/c1-11-6-7-12-9-4-2-8(10)3-5-9/h2-5,12H,6-7H2,1H3/q-1. The molecule has 1 aromatic carbocycles. The largest absolute Gasteiger partial charge is 0.664 e. The first-order valence-electron chi connectivity index (χ1n) is 3.88. The smallest absolute Gasteiger partial charge is 0.123 e. The topological polar surface area (TPSA) is 26.1 Å². The predicted octanol–water partition coefficient (Wildman–Crippen LogP) is 2.24. The van der Waals surface area contributed by atoms with Crippen LogP contribution >= 0.6 is 0 Å². The lowest BCUT2D eigenvalue weighted by atomic mass is 10.3. The Kier molecular flexibility index (Phi) is 3.54. The van der Waals surface area contributed by atoms with Crippen LogP contribution in [0.4, 0.5) is 10.1 Å². The molecule has 1 rings (SSSR count). The van der Waals surface area contributed by atoms with Crippen LogP contribution in [0.1, 0.15) is 0 Å². The maximum Gasteiger partial charge on any atom is 0.123 e. The van der Waals surface area contributed by atoms with Gasteiger partial charge >= 0.3 is 0 Å². The first-order chi connectivity index (χ1) is 5.83. The minimum Gasteiger partial charge on any atom is -0.664 e. The highest BCUT2D eigenvalue weighted by molar-refractivity contribution is 5.42. The van der Waals surface area contributed by atoms with Crippen molar-refractivity contribution >= 4 is 5.69 Å². The van der Waals surface area contributed by atoms with Gasteiger partial charge in [-0.1, -0.05) is 0 Å². The van der Waals surface area contributed by atoms with Crippen LogP contribution in [0, 0.1) is 5.82 Å². The van der Waals surface area contributed by atoms with Crippen LogP contribution in [-0.2, 0) is 0 Å². The fourth-order valence-corrected chi connectivity index (χ4v) is 0.880. The summed E-state index contributed by atoms with van der Waals surface area (Å²) in [7, 11) is 1.77. The summed E-state index contributed by atoms with van der Waals surface area (Å²) in [5, 5.41) is 7.04. The van der Waals surface area contributed by atoms with Gasteiger partial charge in [0.05, 0.1) is 0 Å². The van der Waals surface area contributed by atoms with Gasteiger partial charge in [-0.05, 0) is 30.8 Å². The van der Waals surface area contributed by atoms with E-state index in [4.69, 9.17) is 0 Å². The second-order valence-electron chi connectivity index (χ2n) is 2.47. The van der Waals surface area contributed by atoms with Crippen LogP contribution in [-0.4, -0.2) is 20.1 Å². The van der Waals surface area contributed by atoms with Crippen LogP contribution in [0.3, 0.4) is 0 Å². The van der Waals surface area contributed by atoms with Crippen molar-refractivity contribution in [3.8, 4) is 0 Å². The molecule has 0 radical (unpaired) electrons. The summed E-state index contributed by atoms with van der Waals surface area (Å²) in [6, 6.07) is 6.30. The van der Waals surface area contributed by atoms with Gasteiger partial charge in [-0.25, -0.2) is 4.39 Å². The minimum absolute atomic E-state index is 0.208. The van der Waals surface area contributed by atoms with Crippen molar-refractivity contribution in [1.82, 2.24) is 0 Å². The Bertz CT molecular complexity index is 220. The Morgan fingerprint density at radius 3 is 2.58 bits per heavy atom. The van der Waals surface area contributed by atoms with Gasteiger partial charge in [0, 0.05) is 5.69 Å². The molecule has 0 aromatic heterocycles. The minimum atomic E-state index is -0.208. The van der Waals surface area contributed by atoms with Crippen molar-refractivity contribution in [2.45, 2.75) is 0 Å². The third-order valence-electron chi connectivity index (χ3n) is 1.51. The number of hydrogen-bond acceptors (Lipinski definition) is 1. The number of halogens is 1. The van der Waals surface area contributed by atoms with Crippen LogP contribution < -0.4 is 5.32 Å². The van der Waals surface area contributed by atoms with Gasteiger partial charge < -0.3 is 10.6 Å². The zero-order valence-corrected chi connectivity index (χ0v) is 7.05. The van der Waals surface area contributed by atoms with Crippen LogP contribution in [0.15, 0.2) is 24.3 Å². The van der Waals surface area contributed by atoms with Gasteiger partial charge in [0.2, 0.25) is 0 Å². The van der Waals surface area contributed by atoms with Crippen molar-refractivity contribution in [3.05, 3.63) is 35.4 Å². The summed E-state index contributed by atoms with van der Waals surface area (Å²) in [6.07, 6.45) is 0. The van der Waals surface area contributed by atoms with E-state index in [1.807, 2.05) is 0 Å². The van der Waals surface area contributed by atoms with Crippen molar-refractivity contribution in [3.63, 3.8) is 0 Å². The maximum absolute atomic E-state index is 12.4. The Balaban J connectivity index is 2.37. The molecule has 0 fully saturated rings. The molecule has 0 aliphatic carbocycles. The molecule has 2 nitrogen and oxygen atoms in total. The van der Waals surface area contributed by atoms with Crippen molar-refractivity contribution in [1.29, 1.82) is 0 Å². The molecule has 0 atom stereocenters. The van der Waals surface area contributed by atoms with E-state index in [-0.39, 0.29) is 5.82 Å². The average Bonchev–Trinajstić information content (AvgIpc) is 2.09. The molecule has 12 heavy (non-hydrogen) atoms. The first kappa shape index (κ1) is 9.00. The zero-order chi connectivity index (χ0) is 8.81. The van der Waals surface area contributed by atoms with E-state index in [9.17, 15) is 4.39 Å². The molecule has 3 heteroatoms. The summed E-state index contributed by atoms with van der Waals surface area (Å²) in [5.74, 6) is -0.208. The Morgan fingerprint density at radius 1 is 1.33 bits per heavy atom. The monoisotopic (exact) mass is 167 g/mol. The molecule has 0 unspecified atom stereocenters. The Morgan fingerprint density at radius 2 is 2.00 bits per heavy atom. The average molecular weight is 167 g/mol. The highest BCUT2D eigenvalue weighted by Gasteiger charge is 1.89. The van der Waals surface area contributed by atoms with Gasteiger partial charge in [-0.15, -0.1) is 6.54 Å². The predicted molar refractivity (Wildman–Crippen MR) is 49.0 cm³/mol. The first-order valence-corrected chi connectivity index (χ1v) is 3.88. The summed E-state index contributed by atoms with van der Waals surface area (Å²) < 4.78 is 12.4. The molecule has 0 saturated heterocycles. The van der Waals surface area contributed by atoms with E-state index in [0.717, 1.165) is 18.8 Å². The molecule has 0 spiro atoms. The number of hydrogen-bond donors (Lipinski definition) is 1. The van der Waals surface area contributed by atoms with E-state index < -0.39 is 0 Å². The summed E-state index contributed by atoms with van der Waals surface area (Å²) in [5.41, 5.74) is 0.931. The third-order valence-corrected chi connectivity index (χ3v) is 1.51. The lowest BCUT2D eigenvalue weighted by molar-refractivity contribution is 0.628. The fourth-order valence-electron chi connectivity index (χ4n) is 0.880. The highest BCUT2D eigenvalue weighted by atomic mass is 19.1. The van der Waals surface area contributed by atoms with Crippen LogP contribution in [0.25, 0.3) is 5.32 Å². The van der Waals surface area contributed by atoms with E-state index in [0.29, 0.717) is 0 Å². The SMILES string of the molecule is C[N-]CCNc1ccc(F)cc1. The second kappa shape index (κ2) is 4.72. The molecule has 0 heterocycles. The van der Waals surface area contributed by atoms with Crippen LogP contribution in [0.2, 0.25) is 0 Å². The maximum atomic E-state index is 12.4. The van der Waals surface area contributed by atoms with Gasteiger partial charge in [0.1, 0.15) is 5.82 Å². The number of nitrogens with one attached hydrogen (secondary N) is 1. The molecule has 1 N–H and O–H groups in total. The molecular formula is C9H12FN2-.